The Hall–Kier alpha value is -1.94. The molecule has 0 aliphatic rings. The maximum Gasteiger partial charge on any atom is 0.384 e. The molecule has 0 heterocycles. The van der Waals surface area contributed by atoms with E-state index in [1.807, 2.05) is 11.8 Å². The Balaban J connectivity index is 3.15. The van der Waals surface area contributed by atoms with Crippen molar-refractivity contribution in [2.24, 2.45) is 0 Å². The van der Waals surface area contributed by atoms with Crippen molar-refractivity contribution in [1.29, 1.82) is 0 Å². The smallest absolute Gasteiger partial charge is 0.384 e. The van der Waals surface area contributed by atoms with Crippen LogP contribution in [0.2, 0.25) is 0 Å². The van der Waals surface area contributed by atoms with E-state index in [2.05, 4.69) is 0 Å². The fourth-order valence-electron chi connectivity index (χ4n) is 1.15. The molecule has 0 atom stereocenters. The van der Waals surface area contributed by atoms with E-state index in [4.69, 9.17) is 22.3 Å². The Labute approximate surface area is 102 Å². The highest BCUT2D eigenvalue weighted by molar-refractivity contribution is 5.87. The largest absolute Gasteiger partial charge is 0.456 e. The SMILES string of the molecule is C#CC(=O)OCCCCCCCOC(=O)C#C. The first-order valence-corrected chi connectivity index (χ1v) is 5.47. The summed E-state index contributed by atoms with van der Waals surface area (Å²) in [6.07, 6.45) is 14.1. The van der Waals surface area contributed by atoms with E-state index in [9.17, 15) is 9.59 Å². The van der Waals surface area contributed by atoms with Gasteiger partial charge in [0.2, 0.25) is 0 Å². The van der Waals surface area contributed by atoms with Crippen molar-refractivity contribution in [3.63, 3.8) is 0 Å². The molecule has 0 bridgehead atoms. The summed E-state index contributed by atoms with van der Waals surface area (Å²) < 4.78 is 9.40. The molecule has 17 heavy (non-hydrogen) atoms. The molecule has 0 unspecified atom stereocenters. The predicted molar refractivity (Wildman–Crippen MR) is 62.7 cm³/mol. The van der Waals surface area contributed by atoms with Crippen molar-refractivity contribution < 1.29 is 19.1 Å². The number of ether oxygens (including phenoxy) is 2. The summed E-state index contributed by atoms with van der Waals surface area (Å²) >= 11 is 0. The second kappa shape index (κ2) is 10.6. The standard InChI is InChI=1S/C13H16O4/c1-3-12(14)16-10-8-6-5-7-9-11-17-13(15)4-2/h1-2H,5-11H2. The van der Waals surface area contributed by atoms with Crippen molar-refractivity contribution in [3.8, 4) is 24.7 Å². The van der Waals surface area contributed by atoms with Gasteiger partial charge in [0.05, 0.1) is 13.2 Å². The van der Waals surface area contributed by atoms with Gasteiger partial charge in [0.1, 0.15) is 0 Å². The third-order valence-corrected chi connectivity index (χ3v) is 1.99. The molecule has 0 rings (SSSR count). The maximum absolute atomic E-state index is 10.6. The number of esters is 2. The molecule has 4 nitrogen and oxygen atoms in total. The Morgan fingerprint density at radius 3 is 1.47 bits per heavy atom. The Morgan fingerprint density at radius 1 is 0.765 bits per heavy atom. The number of hydrogen-bond acceptors (Lipinski definition) is 4. The van der Waals surface area contributed by atoms with Crippen LogP contribution >= 0.6 is 0 Å². The van der Waals surface area contributed by atoms with Crippen LogP contribution in [-0.4, -0.2) is 25.2 Å². The highest BCUT2D eigenvalue weighted by Gasteiger charge is 1.97. The van der Waals surface area contributed by atoms with Gasteiger partial charge in [-0.05, 0) is 12.8 Å². The summed E-state index contributed by atoms with van der Waals surface area (Å²) in [4.78, 5) is 21.1. The van der Waals surface area contributed by atoms with Gasteiger partial charge in [0, 0.05) is 11.8 Å². The number of unbranched alkanes of at least 4 members (excludes halogenated alkanes) is 4. The summed E-state index contributed by atoms with van der Waals surface area (Å²) in [5, 5.41) is 0. The lowest BCUT2D eigenvalue weighted by Gasteiger charge is -2.02. The molecular formula is C13H16O4. The number of carbonyl (C=O) groups is 2. The van der Waals surface area contributed by atoms with Gasteiger partial charge in [-0.25, -0.2) is 9.59 Å². The zero-order valence-corrected chi connectivity index (χ0v) is 9.74. The fourth-order valence-corrected chi connectivity index (χ4v) is 1.15. The molecule has 0 aliphatic heterocycles. The molecule has 4 heteroatoms. The van der Waals surface area contributed by atoms with Gasteiger partial charge in [-0.1, -0.05) is 19.3 Å². The molecule has 0 aromatic carbocycles. The minimum absolute atomic E-state index is 0.356. The topological polar surface area (TPSA) is 52.6 Å². The van der Waals surface area contributed by atoms with Gasteiger partial charge >= 0.3 is 11.9 Å². The average molecular weight is 236 g/mol. The van der Waals surface area contributed by atoms with Crippen molar-refractivity contribution in [2.45, 2.75) is 32.1 Å². The van der Waals surface area contributed by atoms with Crippen LogP contribution in [0.5, 0.6) is 0 Å². The minimum Gasteiger partial charge on any atom is -0.456 e. The summed E-state index contributed by atoms with van der Waals surface area (Å²) in [5.74, 6) is 2.51. The molecule has 0 aromatic heterocycles. The maximum atomic E-state index is 10.6. The zero-order valence-electron chi connectivity index (χ0n) is 9.74. The number of rotatable bonds is 8. The Kier molecular flexibility index (Phi) is 9.37. The molecule has 0 radical (unpaired) electrons. The highest BCUT2D eigenvalue weighted by atomic mass is 16.5. The van der Waals surface area contributed by atoms with Crippen molar-refractivity contribution in [3.05, 3.63) is 0 Å². The van der Waals surface area contributed by atoms with E-state index in [0.717, 1.165) is 32.1 Å². The quantitative estimate of drug-likeness (QED) is 0.276. The van der Waals surface area contributed by atoms with Gasteiger partial charge < -0.3 is 9.47 Å². The van der Waals surface area contributed by atoms with Crippen LogP contribution in [0.15, 0.2) is 0 Å². The second-order valence-electron chi connectivity index (χ2n) is 3.33. The van der Waals surface area contributed by atoms with Crippen LogP contribution in [0, 0.1) is 24.7 Å². The van der Waals surface area contributed by atoms with Gasteiger partial charge in [0.25, 0.3) is 0 Å². The van der Waals surface area contributed by atoms with Gasteiger partial charge in [-0.15, -0.1) is 12.8 Å². The van der Waals surface area contributed by atoms with Crippen molar-refractivity contribution >= 4 is 11.9 Å². The molecule has 0 saturated carbocycles. The lowest BCUT2D eigenvalue weighted by molar-refractivity contribution is -0.137. The summed E-state index contributed by atoms with van der Waals surface area (Å²) in [5.41, 5.74) is 0. The van der Waals surface area contributed by atoms with Crippen LogP contribution in [0.1, 0.15) is 32.1 Å². The summed E-state index contributed by atoms with van der Waals surface area (Å²) in [7, 11) is 0. The number of carbonyl (C=O) groups excluding carboxylic acids is 2. The molecule has 0 N–H and O–H groups in total. The minimum atomic E-state index is -0.619. The number of terminal acetylenes is 2. The van der Waals surface area contributed by atoms with Crippen LogP contribution in [0.4, 0.5) is 0 Å². The number of hydrogen-bond donors (Lipinski definition) is 0. The first-order valence-electron chi connectivity index (χ1n) is 5.47. The molecular weight excluding hydrogens is 220 g/mol. The molecule has 0 spiro atoms. The van der Waals surface area contributed by atoms with Gasteiger partial charge in [-0.2, -0.15) is 0 Å². The van der Waals surface area contributed by atoms with E-state index in [0.29, 0.717) is 13.2 Å². The fraction of sp³-hybridized carbons (Fsp3) is 0.538. The molecule has 92 valence electrons. The monoisotopic (exact) mass is 236 g/mol. The third kappa shape index (κ3) is 10.3. The first-order chi connectivity index (χ1) is 8.20. The first kappa shape index (κ1) is 15.1. The summed E-state index contributed by atoms with van der Waals surface area (Å²) in [6, 6.07) is 0. The molecule has 0 aromatic rings. The third-order valence-electron chi connectivity index (χ3n) is 1.99. The van der Waals surface area contributed by atoms with Crippen LogP contribution in [0.3, 0.4) is 0 Å². The van der Waals surface area contributed by atoms with E-state index < -0.39 is 11.9 Å². The highest BCUT2D eigenvalue weighted by Crippen LogP contribution is 2.03. The van der Waals surface area contributed by atoms with Crippen molar-refractivity contribution in [1.82, 2.24) is 0 Å². The molecule has 0 aliphatic carbocycles. The Morgan fingerprint density at radius 2 is 1.12 bits per heavy atom. The predicted octanol–water partition coefficient (Wildman–Crippen LogP) is 1.29. The lowest BCUT2D eigenvalue weighted by atomic mass is 10.1. The molecule has 0 fully saturated rings. The normalized spacial score (nSPS) is 8.82. The van der Waals surface area contributed by atoms with E-state index in [1.54, 1.807) is 0 Å². The van der Waals surface area contributed by atoms with Crippen molar-refractivity contribution in [2.75, 3.05) is 13.2 Å². The van der Waals surface area contributed by atoms with Gasteiger partial charge in [-0.3, -0.25) is 0 Å². The zero-order chi connectivity index (χ0) is 12.9. The molecule has 0 saturated heterocycles. The van der Waals surface area contributed by atoms with Gasteiger partial charge in [0.15, 0.2) is 0 Å². The van der Waals surface area contributed by atoms with Crippen LogP contribution in [0.25, 0.3) is 0 Å². The Bertz CT molecular complexity index is 287. The average Bonchev–Trinajstić information content (AvgIpc) is 2.35. The van der Waals surface area contributed by atoms with E-state index in [-0.39, 0.29) is 0 Å². The lowest BCUT2D eigenvalue weighted by Crippen LogP contribution is -2.03. The van der Waals surface area contributed by atoms with E-state index >= 15 is 0 Å². The van der Waals surface area contributed by atoms with Crippen LogP contribution in [-0.2, 0) is 19.1 Å². The second-order valence-corrected chi connectivity index (χ2v) is 3.33. The molecule has 0 amide bonds. The van der Waals surface area contributed by atoms with Crippen LogP contribution < -0.4 is 0 Å². The van der Waals surface area contributed by atoms with E-state index in [1.165, 1.54) is 0 Å². The summed E-state index contributed by atoms with van der Waals surface area (Å²) in [6.45, 7) is 0.713.